The van der Waals surface area contributed by atoms with E-state index < -0.39 is 5.97 Å². The Morgan fingerprint density at radius 3 is 2.58 bits per heavy atom. The highest BCUT2D eigenvalue weighted by Crippen LogP contribution is 2.46. The Morgan fingerprint density at radius 2 is 2.08 bits per heavy atom. The summed E-state index contributed by atoms with van der Waals surface area (Å²) in [6, 6.07) is 0. The van der Waals surface area contributed by atoms with E-state index in [-0.39, 0.29) is 0 Å². The predicted molar refractivity (Wildman–Crippen MR) is 44.8 cm³/mol. The molecule has 2 atom stereocenters. The van der Waals surface area contributed by atoms with Crippen LogP contribution in [0.1, 0.15) is 12.8 Å². The van der Waals surface area contributed by atoms with Crippen LogP contribution in [0, 0.1) is 17.8 Å². The summed E-state index contributed by atoms with van der Waals surface area (Å²) >= 11 is 0. The van der Waals surface area contributed by atoms with Crippen molar-refractivity contribution in [2.24, 2.45) is 17.8 Å². The van der Waals surface area contributed by atoms with Gasteiger partial charge in [-0.15, -0.1) is 0 Å². The van der Waals surface area contributed by atoms with Gasteiger partial charge in [-0.3, -0.25) is 4.79 Å². The number of hydrogen-bond donors (Lipinski definition) is 1. The molecule has 2 unspecified atom stereocenters. The number of aliphatic carboxylic acids is 1. The molecule has 3 fully saturated rings. The van der Waals surface area contributed by atoms with Crippen LogP contribution < -0.4 is 0 Å². The van der Waals surface area contributed by atoms with Gasteiger partial charge in [0.2, 0.25) is 0 Å². The van der Waals surface area contributed by atoms with Crippen LogP contribution >= 0.6 is 0 Å². The quantitative estimate of drug-likeness (QED) is 0.660. The number of carboxylic acids is 1. The van der Waals surface area contributed by atoms with Crippen LogP contribution in [0.25, 0.3) is 0 Å². The second kappa shape index (κ2) is 2.73. The van der Waals surface area contributed by atoms with Gasteiger partial charge in [0.05, 0.1) is 0 Å². The molecule has 1 N–H and O–H groups in total. The van der Waals surface area contributed by atoms with E-state index in [0.717, 1.165) is 13.1 Å². The van der Waals surface area contributed by atoms with Crippen molar-refractivity contribution in [2.75, 3.05) is 20.1 Å². The van der Waals surface area contributed by atoms with Crippen LogP contribution in [0.2, 0.25) is 0 Å². The third kappa shape index (κ3) is 1.22. The molecule has 0 radical (unpaired) electrons. The van der Waals surface area contributed by atoms with E-state index in [1.165, 1.54) is 6.42 Å². The van der Waals surface area contributed by atoms with Crippen molar-refractivity contribution in [3.63, 3.8) is 0 Å². The molecule has 3 aliphatic rings. The number of nitrogens with zero attached hydrogens (tertiary/aromatic N) is 1. The molecule has 3 heteroatoms. The van der Waals surface area contributed by atoms with E-state index in [2.05, 4.69) is 11.9 Å². The van der Waals surface area contributed by atoms with Crippen molar-refractivity contribution in [3.8, 4) is 0 Å². The smallest absolute Gasteiger partial charge is 0.303 e. The Hall–Kier alpha value is -0.570. The predicted octanol–water partition coefficient (Wildman–Crippen LogP) is 0.659. The number of hydrogen-bond acceptors (Lipinski definition) is 2. The largest absolute Gasteiger partial charge is 0.481 e. The van der Waals surface area contributed by atoms with Crippen LogP contribution in [0.3, 0.4) is 0 Å². The summed E-state index contributed by atoms with van der Waals surface area (Å²) in [4.78, 5) is 12.8. The van der Waals surface area contributed by atoms with E-state index in [4.69, 9.17) is 5.11 Å². The highest BCUT2D eigenvalue weighted by atomic mass is 16.4. The highest BCUT2D eigenvalue weighted by molar-refractivity contribution is 5.67. The van der Waals surface area contributed by atoms with Crippen molar-refractivity contribution in [2.45, 2.75) is 12.8 Å². The molecule has 2 aliphatic heterocycles. The molecule has 3 nitrogen and oxygen atoms in total. The van der Waals surface area contributed by atoms with Gasteiger partial charge in [-0.25, -0.2) is 0 Å². The Kier molecular flexibility index (Phi) is 1.83. The molecule has 0 aromatic heterocycles. The number of carbonyl (C=O) groups is 1. The standard InChI is InChI=1S/C9H15NO2/c1-10-4-6-2-7(5-10)8(6)3-9(11)12/h6-8H,2-5H2,1H3,(H,11,12). The lowest BCUT2D eigenvalue weighted by molar-refractivity contribution is -0.143. The number of piperidine rings is 2. The third-order valence-electron chi connectivity index (χ3n) is 3.32. The Labute approximate surface area is 72.4 Å². The average Bonchev–Trinajstić information content (AvgIpc) is 2.00. The van der Waals surface area contributed by atoms with Crippen molar-refractivity contribution in [3.05, 3.63) is 0 Å². The average molecular weight is 169 g/mol. The zero-order valence-electron chi connectivity index (χ0n) is 7.36. The van der Waals surface area contributed by atoms with E-state index in [1.54, 1.807) is 0 Å². The molecule has 0 amide bonds. The summed E-state index contributed by atoms with van der Waals surface area (Å²) in [6.07, 6.45) is 1.66. The van der Waals surface area contributed by atoms with Crippen LogP contribution in [0.5, 0.6) is 0 Å². The van der Waals surface area contributed by atoms with Gasteiger partial charge in [0.25, 0.3) is 0 Å². The van der Waals surface area contributed by atoms with Gasteiger partial charge in [-0.2, -0.15) is 0 Å². The van der Waals surface area contributed by atoms with Crippen LogP contribution in [0.15, 0.2) is 0 Å². The zero-order chi connectivity index (χ0) is 8.72. The molecule has 2 heterocycles. The van der Waals surface area contributed by atoms with Gasteiger partial charge < -0.3 is 10.0 Å². The fourth-order valence-corrected chi connectivity index (χ4v) is 2.76. The maximum atomic E-state index is 10.5. The first-order chi connectivity index (χ1) is 5.66. The van der Waals surface area contributed by atoms with Crippen molar-refractivity contribution in [1.29, 1.82) is 0 Å². The van der Waals surface area contributed by atoms with Crippen molar-refractivity contribution in [1.82, 2.24) is 4.90 Å². The van der Waals surface area contributed by atoms with Gasteiger partial charge >= 0.3 is 5.97 Å². The normalized spacial score (nSPS) is 40.6. The van der Waals surface area contributed by atoms with E-state index in [1.807, 2.05) is 0 Å². The summed E-state index contributed by atoms with van der Waals surface area (Å²) in [5, 5.41) is 8.66. The Morgan fingerprint density at radius 1 is 1.50 bits per heavy atom. The first-order valence-corrected chi connectivity index (χ1v) is 4.57. The molecular formula is C9H15NO2. The van der Waals surface area contributed by atoms with Crippen molar-refractivity contribution < 1.29 is 9.90 Å². The van der Waals surface area contributed by atoms with Gasteiger partial charge in [0.1, 0.15) is 0 Å². The third-order valence-corrected chi connectivity index (χ3v) is 3.32. The molecule has 2 saturated heterocycles. The lowest BCUT2D eigenvalue weighted by Crippen LogP contribution is -2.54. The molecule has 1 aliphatic carbocycles. The topological polar surface area (TPSA) is 40.5 Å². The summed E-state index contributed by atoms with van der Waals surface area (Å²) < 4.78 is 0. The Bertz CT molecular complexity index is 193. The second-order valence-electron chi connectivity index (χ2n) is 4.24. The SMILES string of the molecule is CN1CC2CC(C1)C2CC(=O)O. The molecule has 12 heavy (non-hydrogen) atoms. The minimum absolute atomic E-state index is 0.392. The minimum atomic E-state index is -0.626. The van der Waals surface area contributed by atoms with Gasteiger partial charge in [-0.05, 0) is 31.2 Å². The molecule has 68 valence electrons. The van der Waals surface area contributed by atoms with Crippen molar-refractivity contribution >= 4 is 5.97 Å². The Balaban J connectivity index is 1.91. The summed E-state index contributed by atoms with van der Waals surface area (Å²) in [5.41, 5.74) is 0. The maximum Gasteiger partial charge on any atom is 0.303 e. The van der Waals surface area contributed by atoms with E-state index >= 15 is 0 Å². The lowest BCUT2D eigenvalue weighted by Gasteiger charge is -2.52. The highest BCUT2D eigenvalue weighted by Gasteiger charge is 2.46. The van der Waals surface area contributed by atoms with Crippen LogP contribution in [-0.2, 0) is 4.79 Å². The minimum Gasteiger partial charge on any atom is -0.481 e. The monoisotopic (exact) mass is 169 g/mol. The van der Waals surface area contributed by atoms with Gasteiger partial charge in [0.15, 0.2) is 0 Å². The van der Waals surface area contributed by atoms with E-state index in [9.17, 15) is 4.79 Å². The first-order valence-electron chi connectivity index (χ1n) is 4.57. The fraction of sp³-hybridized carbons (Fsp3) is 0.889. The number of fused-ring (bicyclic) bond motifs is 2. The molecular weight excluding hydrogens is 154 g/mol. The van der Waals surface area contributed by atoms with E-state index in [0.29, 0.717) is 24.2 Å². The first kappa shape index (κ1) is 8.05. The number of carboxylic acid groups (broad SMARTS) is 1. The second-order valence-corrected chi connectivity index (χ2v) is 4.24. The molecule has 0 aromatic rings. The molecule has 1 saturated carbocycles. The molecule has 2 bridgehead atoms. The summed E-state index contributed by atoms with van der Waals surface area (Å²) in [7, 11) is 2.12. The molecule has 0 spiro atoms. The van der Waals surface area contributed by atoms with Gasteiger partial charge in [0, 0.05) is 19.5 Å². The van der Waals surface area contributed by atoms with Crippen LogP contribution in [0.4, 0.5) is 0 Å². The summed E-state index contributed by atoms with van der Waals surface area (Å²) in [5.74, 6) is 1.20. The maximum absolute atomic E-state index is 10.5. The lowest BCUT2D eigenvalue weighted by atomic mass is 9.60. The zero-order valence-corrected chi connectivity index (χ0v) is 7.36. The number of rotatable bonds is 2. The van der Waals surface area contributed by atoms with Crippen LogP contribution in [-0.4, -0.2) is 36.1 Å². The van der Waals surface area contributed by atoms with Gasteiger partial charge in [-0.1, -0.05) is 0 Å². The molecule has 0 aromatic carbocycles. The summed E-state index contributed by atoms with van der Waals surface area (Å²) in [6.45, 7) is 2.21. The fourth-order valence-electron chi connectivity index (χ4n) is 2.76. The molecule has 3 rings (SSSR count).